The summed E-state index contributed by atoms with van der Waals surface area (Å²) in [6.07, 6.45) is 10.1. The number of nitrogens with zero attached hydrogens (tertiary/aromatic N) is 2. The standard InChI is InChI=1S/C16H27N3.HI/c1-12-3-6-14-9-17-15(19(14)10-12)18-11-16(7-2-8-16)13-4-5-13;/h12-14H,2-11H2,1H3,(H,17,18);1H. The van der Waals surface area contributed by atoms with E-state index in [9.17, 15) is 0 Å². The molecule has 0 bridgehead atoms. The zero-order valence-electron chi connectivity index (χ0n) is 12.6. The Labute approximate surface area is 140 Å². The topological polar surface area (TPSA) is 27.6 Å². The summed E-state index contributed by atoms with van der Waals surface area (Å²) in [6.45, 7) is 5.82. The Morgan fingerprint density at radius 2 is 2.05 bits per heavy atom. The van der Waals surface area contributed by atoms with Crippen LogP contribution in [0.1, 0.15) is 51.9 Å². The maximum absolute atomic E-state index is 4.79. The smallest absolute Gasteiger partial charge is 0.194 e. The number of fused-ring (bicyclic) bond motifs is 1. The zero-order valence-corrected chi connectivity index (χ0v) is 14.9. The number of nitrogens with one attached hydrogen (secondary N) is 1. The lowest BCUT2D eigenvalue weighted by Crippen LogP contribution is -2.51. The van der Waals surface area contributed by atoms with Gasteiger partial charge in [-0.1, -0.05) is 13.3 Å². The van der Waals surface area contributed by atoms with Crippen molar-refractivity contribution in [2.24, 2.45) is 22.2 Å². The third kappa shape index (κ3) is 2.57. The molecule has 0 spiro atoms. The molecule has 1 saturated heterocycles. The van der Waals surface area contributed by atoms with Gasteiger partial charge in [0.25, 0.3) is 0 Å². The van der Waals surface area contributed by atoms with Crippen LogP contribution in [0.3, 0.4) is 0 Å². The first-order valence-electron chi connectivity index (χ1n) is 8.32. The molecule has 3 nitrogen and oxygen atoms in total. The van der Waals surface area contributed by atoms with Gasteiger partial charge in [-0.3, -0.25) is 4.99 Å². The van der Waals surface area contributed by atoms with E-state index in [0.717, 1.165) is 18.4 Å². The first-order valence-corrected chi connectivity index (χ1v) is 8.32. The normalized spacial score (nSPS) is 34.6. The molecule has 2 saturated carbocycles. The van der Waals surface area contributed by atoms with Crippen LogP contribution in [-0.2, 0) is 0 Å². The number of piperidine rings is 1. The third-order valence-corrected chi connectivity index (χ3v) is 6.06. The van der Waals surface area contributed by atoms with Crippen LogP contribution < -0.4 is 5.32 Å². The van der Waals surface area contributed by atoms with Crippen LogP contribution in [0.25, 0.3) is 0 Å². The van der Waals surface area contributed by atoms with Crippen LogP contribution in [0.5, 0.6) is 0 Å². The summed E-state index contributed by atoms with van der Waals surface area (Å²) in [5, 5.41) is 3.74. The van der Waals surface area contributed by atoms with Crippen LogP contribution >= 0.6 is 24.0 Å². The van der Waals surface area contributed by atoms with E-state index in [1.807, 2.05) is 0 Å². The van der Waals surface area contributed by atoms with Crippen LogP contribution in [0.2, 0.25) is 0 Å². The maximum Gasteiger partial charge on any atom is 0.194 e. The van der Waals surface area contributed by atoms with Gasteiger partial charge in [0.2, 0.25) is 0 Å². The average Bonchev–Trinajstić information content (AvgIpc) is 3.11. The molecule has 20 heavy (non-hydrogen) atoms. The molecular weight excluding hydrogens is 361 g/mol. The van der Waals surface area contributed by atoms with Gasteiger partial charge in [-0.15, -0.1) is 24.0 Å². The second kappa shape index (κ2) is 5.65. The van der Waals surface area contributed by atoms with E-state index in [0.29, 0.717) is 11.5 Å². The molecule has 2 aliphatic heterocycles. The van der Waals surface area contributed by atoms with Crippen molar-refractivity contribution in [3.8, 4) is 0 Å². The number of rotatable bonds is 3. The van der Waals surface area contributed by atoms with E-state index < -0.39 is 0 Å². The van der Waals surface area contributed by atoms with Gasteiger partial charge in [-0.05, 0) is 55.8 Å². The highest BCUT2D eigenvalue weighted by molar-refractivity contribution is 14.0. The molecule has 2 heterocycles. The fourth-order valence-corrected chi connectivity index (χ4v) is 4.41. The van der Waals surface area contributed by atoms with Crippen LogP contribution in [0, 0.1) is 17.3 Å². The Morgan fingerprint density at radius 1 is 1.25 bits per heavy atom. The van der Waals surface area contributed by atoms with E-state index >= 15 is 0 Å². The highest BCUT2D eigenvalue weighted by Gasteiger charge is 2.49. The molecule has 114 valence electrons. The van der Waals surface area contributed by atoms with E-state index in [2.05, 4.69) is 17.1 Å². The first-order chi connectivity index (χ1) is 9.27. The Morgan fingerprint density at radius 3 is 2.70 bits per heavy atom. The van der Waals surface area contributed by atoms with Crippen LogP contribution in [0.15, 0.2) is 4.99 Å². The Bertz CT molecular complexity index is 387. The predicted octanol–water partition coefficient (Wildman–Crippen LogP) is 3.24. The summed E-state index contributed by atoms with van der Waals surface area (Å²) >= 11 is 0. The largest absolute Gasteiger partial charge is 0.356 e. The second-order valence-corrected chi connectivity index (χ2v) is 7.50. The monoisotopic (exact) mass is 389 g/mol. The van der Waals surface area contributed by atoms with Gasteiger partial charge in [0, 0.05) is 13.1 Å². The predicted molar refractivity (Wildman–Crippen MR) is 93.6 cm³/mol. The zero-order chi connectivity index (χ0) is 12.9. The number of guanidine groups is 1. The minimum atomic E-state index is 0. The molecule has 4 aliphatic rings. The molecule has 4 rings (SSSR count). The van der Waals surface area contributed by atoms with Gasteiger partial charge in [0.05, 0.1) is 12.6 Å². The van der Waals surface area contributed by atoms with Crippen molar-refractivity contribution in [2.45, 2.75) is 57.9 Å². The van der Waals surface area contributed by atoms with E-state index in [4.69, 9.17) is 4.99 Å². The number of aliphatic imine (C=N–C) groups is 1. The molecule has 2 atom stereocenters. The van der Waals surface area contributed by atoms with Crippen molar-refractivity contribution in [3.63, 3.8) is 0 Å². The molecule has 0 aromatic rings. The second-order valence-electron chi connectivity index (χ2n) is 7.50. The molecule has 0 amide bonds. The maximum atomic E-state index is 4.79. The number of hydrogen-bond donors (Lipinski definition) is 1. The first kappa shape index (κ1) is 14.9. The van der Waals surface area contributed by atoms with Crippen molar-refractivity contribution in [2.75, 3.05) is 19.6 Å². The molecule has 1 N–H and O–H groups in total. The summed E-state index contributed by atoms with van der Waals surface area (Å²) in [5.41, 5.74) is 0.655. The van der Waals surface area contributed by atoms with Gasteiger partial charge < -0.3 is 10.2 Å². The molecule has 4 heteroatoms. The Hall–Kier alpha value is 0. The molecule has 0 aromatic carbocycles. The lowest BCUT2D eigenvalue weighted by atomic mass is 9.65. The van der Waals surface area contributed by atoms with E-state index in [1.165, 1.54) is 64.0 Å². The lowest BCUT2D eigenvalue weighted by Gasteiger charge is -2.44. The highest BCUT2D eigenvalue weighted by Crippen LogP contribution is 2.56. The van der Waals surface area contributed by atoms with Crippen molar-refractivity contribution >= 4 is 29.9 Å². The fourth-order valence-electron chi connectivity index (χ4n) is 4.41. The lowest BCUT2D eigenvalue weighted by molar-refractivity contribution is 0.103. The van der Waals surface area contributed by atoms with Gasteiger partial charge in [0.1, 0.15) is 0 Å². The molecule has 3 fully saturated rings. The van der Waals surface area contributed by atoms with Crippen molar-refractivity contribution < 1.29 is 0 Å². The molecular formula is C16H28IN3. The molecule has 0 radical (unpaired) electrons. The number of hydrogen-bond acceptors (Lipinski definition) is 3. The summed E-state index contributed by atoms with van der Waals surface area (Å²) in [6, 6.07) is 0.706. The summed E-state index contributed by atoms with van der Waals surface area (Å²) in [7, 11) is 0. The molecule has 2 aliphatic carbocycles. The summed E-state index contributed by atoms with van der Waals surface area (Å²) in [4.78, 5) is 7.35. The van der Waals surface area contributed by atoms with Gasteiger partial charge >= 0.3 is 0 Å². The fraction of sp³-hybridized carbons (Fsp3) is 0.938. The SMILES string of the molecule is CC1CCC2CN=C(NCC3(C4CC4)CCC3)N2C1.I. The van der Waals surface area contributed by atoms with Gasteiger partial charge in [-0.2, -0.15) is 0 Å². The van der Waals surface area contributed by atoms with Crippen LogP contribution in [-0.4, -0.2) is 36.5 Å². The van der Waals surface area contributed by atoms with Gasteiger partial charge in [-0.25, -0.2) is 0 Å². The average molecular weight is 389 g/mol. The third-order valence-electron chi connectivity index (χ3n) is 6.06. The Kier molecular flexibility index (Phi) is 4.22. The molecule has 0 aromatic heterocycles. The minimum absolute atomic E-state index is 0. The Balaban J connectivity index is 0.00000121. The number of halogens is 1. The van der Waals surface area contributed by atoms with Gasteiger partial charge in [0.15, 0.2) is 5.96 Å². The minimum Gasteiger partial charge on any atom is -0.356 e. The van der Waals surface area contributed by atoms with E-state index in [-0.39, 0.29) is 24.0 Å². The molecule has 2 unspecified atom stereocenters. The van der Waals surface area contributed by atoms with Crippen molar-refractivity contribution in [1.82, 2.24) is 10.2 Å². The highest BCUT2D eigenvalue weighted by atomic mass is 127. The van der Waals surface area contributed by atoms with Crippen molar-refractivity contribution in [3.05, 3.63) is 0 Å². The summed E-state index contributed by atoms with van der Waals surface area (Å²) < 4.78 is 0. The van der Waals surface area contributed by atoms with Crippen molar-refractivity contribution in [1.29, 1.82) is 0 Å². The van der Waals surface area contributed by atoms with E-state index in [1.54, 1.807) is 0 Å². The van der Waals surface area contributed by atoms with Crippen LogP contribution in [0.4, 0.5) is 0 Å². The quantitative estimate of drug-likeness (QED) is 0.751. The summed E-state index contributed by atoms with van der Waals surface area (Å²) in [5.74, 6) is 3.10.